The van der Waals surface area contributed by atoms with Crippen molar-refractivity contribution in [2.75, 3.05) is 5.73 Å². The average Bonchev–Trinajstić information content (AvgIpc) is 3.07. The predicted molar refractivity (Wildman–Crippen MR) is 123 cm³/mol. The van der Waals surface area contributed by atoms with Gasteiger partial charge >= 0.3 is 0 Å². The number of nitrogens with one attached hydrogen (secondary N) is 1. The summed E-state index contributed by atoms with van der Waals surface area (Å²) in [4.78, 5) is 16.6. The van der Waals surface area contributed by atoms with E-state index in [0.29, 0.717) is 17.9 Å². The third-order valence-electron chi connectivity index (χ3n) is 4.60. The fourth-order valence-corrected chi connectivity index (χ4v) is 2.98. The summed E-state index contributed by atoms with van der Waals surface area (Å²) in [5.74, 6) is 3.37. The third-order valence-corrected chi connectivity index (χ3v) is 4.60. The number of nitrogens with zero attached hydrogens (tertiary/aromatic N) is 2. The van der Waals surface area contributed by atoms with Crippen LogP contribution in [0.5, 0.6) is 0 Å². The van der Waals surface area contributed by atoms with Crippen LogP contribution in [0, 0.1) is 39.7 Å². The number of nitrogens with two attached hydrogens (primary N) is 1. The number of anilines is 1. The Bertz CT molecular complexity index is 1030. The Labute approximate surface area is 179 Å². The molecule has 3 rings (SSSR count). The van der Waals surface area contributed by atoms with Crippen molar-refractivity contribution in [2.24, 2.45) is 0 Å². The van der Waals surface area contributed by atoms with Crippen LogP contribution in [0.1, 0.15) is 51.7 Å². The van der Waals surface area contributed by atoms with Crippen molar-refractivity contribution in [3.8, 4) is 12.0 Å². The Kier molecular flexibility index (Phi) is 8.25. The summed E-state index contributed by atoms with van der Waals surface area (Å²) in [6, 6.07) is 15.0. The number of rotatable bonds is 3. The van der Waals surface area contributed by atoms with Crippen molar-refractivity contribution in [3.05, 3.63) is 82.3 Å². The molecule has 3 aromatic rings. The smallest absolute Gasteiger partial charge is 0.253 e. The van der Waals surface area contributed by atoms with E-state index >= 15 is 0 Å². The molecule has 3 N–H and O–H groups in total. The van der Waals surface area contributed by atoms with E-state index in [9.17, 15) is 4.79 Å². The second-order valence-electron chi connectivity index (χ2n) is 7.17. The molecule has 0 fully saturated rings. The standard InChI is InChI=1S/C18H22N4O.C7H8/c1-5-6-7-22-10-13(3)16(11-22)18(23)20-9-15-12(2)8-17(19)21-14(15)4;1-7-5-3-2-4-6-7/h8,10-11H,5,9H2,1-4H3,(H2,19,21)(H,20,23);2-6H,1H3. The second kappa shape index (κ2) is 10.9. The summed E-state index contributed by atoms with van der Waals surface area (Å²) in [7, 11) is 0. The lowest BCUT2D eigenvalue weighted by Gasteiger charge is -2.11. The highest BCUT2D eigenvalue weighted by atomic mass is 16.1. The summed E-state index contributed by atoms with van der Waals surface area (Å²) in [6.07, 6.45) is 4.40. The lowest BCUT2D eigenvalue weighted by molar-refractivity contribution is 0.0950. The number of carbonyl (C=O) groups excluding carboxylic acids is 1. The molecule has 0 aliphatic carbocycles. The van der Waals surface area contributed by atoms with Crippen molar-refractivity contribution in [3.63, 3.8) is 0 Å². The Morgan fingerprint density at radius 1 is 1.10 bits per heavy atom. The lowest BCUT2D eigenvalue weighted by Crippen LogP contribution is -2.24. The molecule has 0 saturated carbocycles. The zero-order valence-electron chi connectivity index (χ0n) is 18.4. The molecule has 0 spiro atoms. The number of amides is 1. The number of pyridine rings is 1. The molecule has 156 valence electrons. The number of carbonyl (C=O) groups is 1. The van der Waals surface area contributed by atoms with Gasteiger partial charge in [0.15, 0.2) is 0 Å². The highest BCUT2D eigenvalue weighted by molar-refractivity contribution is 5.95. The van der Waals surface area contributed by atoms with Crippen molar-refractivity contribution < 1.29 is 4.79 Å². The lowest BCUT2D eigenvalue weighted by atomic mass is 10.1. The van der Waals surface area contributed by atoms with Crippen molar-refractivity contribution in [2.45, 2.75) is 47.6 Å². The zero-order chi connectivity index (χ0) is 22.1. The molecule has 0 atom stereocenters. The molecule has 30 heavy (non-hydrogen) atoms. The van der Waals surface area contributed by atoms with Crippen molar-refractivity contribution in [1.29, 1.82) is 0 Å². The number of hydrogen-bond donors (Lipinski definition) is 2. The van der Waals surface area contributed by atoms with Crippen LogP contribution in [-0.2, 0) is 6.54 Å². The van der Waals surface area contributed by atoms with E-state index in [0.717, 1.165) is 28.8 Å². The van der Waals surface area contributed by atoms with Gasteiger partial charge in [-0.15, -0.1) is 0 Å². The Morgan fingerprint density at radius 3 is 2.37 bits per heavy atom. The first-order chi connectivity index (χ1) is 14.3. The molecule has 0 bridgehead atoms. The Morgan fingerprint density at radius 2 is 1.80 bits per heavy atom. The highest BCUT2D eigenvalue weighted by Crippen LogP contribution is 2.15. The maximum Gasteiger partial charge on any atom is 0.253 e. The Balaban J connectivity index is 0.000000386. The molecule has 2 aromatic heterocycles. The van der Waals surface area contributed by atoms with E-state index in [1.54, 1.807) is 10.8 Å². The van der Waals surface area contributed by atoms with Crippen LogP contribution in [0.3, 0.4) is 0 Å². The van der Waals surface area contributed by atoms with Crippen LogP contribution >= 0.6 is 0 Å². The molecule has 5 nitrogen and oxygen atoms in total. The quantitative estimate of drug-likeness (QED) is 0.632. The van der Waals surface area contributed by atoms with Crippen LogP contribution in [0.15, 0.2) is 48.8 Å². The molecule has 0 saturated heterocycles. The SMILES string of the molecule is CCC#Cn1cc(C)c(C(=O)NCc2c(C)cc(N)nc2C)c1.Cc1ccccc1. The number of aromatic nitrogens is 2. The van der Waals surface area contributed by atoms with Gasteiger partial charge in [0.25, 0.3) is 5.91 Å². The van der Waals surface area contributed by atoms with Gasteiger partial charge in [0.05, 0.1) is 5.56 Å². The first-order valence-electron chi connectivity index (χ1n) is 10.0. The first-order valence-corrected chi connectivity index (χ1v) is 10.0. The van der Waals surface area contributed by atoms with Crippen LogP contribution < -0.4 is 11.1 Å². The molecule has 1 aromatic carbocycles. The number of hydrogen-bond acceptors (Lipinski definition) is 3. The third kappa shape index (κ3) is 6.52. The number of nitrogen functional groups attached to an aromatic ring is 1. The second-order valence-corrected chi connectivity index (χ2v) is 7.17. The topological polar surface area (TPSA) is 72.9 Å². The molecule has 5 heteroatoms. The van der Waals surface area contributed by atoms with Crippen LogP contribution in [0.4, 0.5) is 5.82 Å². The summed E-state index contributed by atoms with van der Waals surface area (Å²) < 4.78 is 1.73. The minimum Gasteiger partial charge on any atom is -0.384 e. The summed E-state index contributed by atoms with van der Waals surface area (Å²) in [5.41, 5.74) is 11.4. The van der Waals surface area contributed by atoms with E-state index < -0.39 is 0 Å². The van der Waals surface area contributed by atoms with Gasteiger partial charge < -0.3 is 11.1 Å². The molecular formula is C25H30N4O. The zero-order valence-corrected chi connectivity index (χ0v) is 18.4. The fraction of sp³-hybridized carbons (Fsp3) is 0.280. The maximum atomic E-state index is 12.4. The predicted octanol–water partition coefficient (Wildman–Crippen LogP) is 4.53. The number of aryl methyl sites for hydroxylation is 4. The average molecular weight is 403 g/mol. The first kappa shape index (κ1) is 22.8. The van der Waals surface area contributed by atoms with Crippen LogP contribution in [-0.4, -0.2) is 15.5 Å². The van der Waals surface area contributed by atoms with E-state index in [2.05, 4.69) is 41.3 Å². The molecule has 0 radical (unpaired) electrons. The van der Waals surface area contributed by atoms with Gasteiger partial charge in [-0.05, 0) is 50.5 Å². The Hall–Kier alpha value is -3.52. The van der Waals surface area contributed by atoms with Crippen LogP contribution in [0.2, 0.25) is 0 Å². The normalized spacial score (nSPS) is 9.77. The monoisotopic (exact) mass is 402 g/mol. The van der Waals surface area contributed by atoms with E-state index in [1.807, 2.05) is 58.2 Å². The number of benzene rings is 1. The van der Waals surface area contributed by atoms with Gasteiger partial charge in [0, 0.05) is 37.1 Å². The minimum absolute atomic E-state index is 0.116. The molecular weight excluding hydrogens is 372 g/mol. The summed E-state index contributed by atoms with van der Waals surface area (Å²) in [6.45, 7) is 10.3. The van der Waals surface area contributed by atoms with Gasteiger partial charge in [-0.1, -0.05) is 48.7 Å². The van der Waals surface area contributed by atoms with Gasteiger partial charge in [0.2, 0.25) is 0 Å². The van der Waals surface area contributed by atoms with E-state index in [1.165, 1.54) is 5.56 Å². The van der Waals surface area contributed by atoms with E-state index in [4.69, 9.17) is 5.73 Å². The largest absolute Gasteiger partial charge is 0.384 e. The van der Waals surface area contributed by atoms with Gasteiger partial charge in [-0.25, -0.2) is 4.98 Å². The van der Waals surface area contributed by atoms with Gasteiger partial charge in [-0.2, -0.15) is 0 Å². The molecule has 0 aliphatic rings. The van der Waals surface area contributed by atoms with Crippen LogP contribution in [0.25, 0.3) is 0 Å². The fourth-order valence-electron chi connectivity index (χ4n) is 2.98. The molecule has 0 unspecified atom stereocenters. The molecule has 2 heterocycles. The highest BCUT2D eigenvalue weighted by Gasteiger charge is 2.13. The van der Waals surface area contributed by atoms with Crippen molar-refractivity contribution >= 4 is 11.7 Å². The summed E-state index contributed by atoms with van der Waals surface area (Å²) in [5, 5.41) is 2.95. The van der Waals surface area contributed by atoms with Gasteiger partial charge in [0.1, 0.15) is 5.82 Å². The van der Waals surface area contributed by atoms with Crippen molar-refractivity contribution in [1.82, 2.24) is 14.9 Å². The van der Waals surface area contributed by atoms with E-state index in [-0.39, 0.29) is 5.91 Å². The molecule has 0 aliphatic heterocycles. The summed E-state index contributed by atoms with van der Waals surface area (Å²) >= 11 is 0. The molecule has 1 amide bonds. The maximum absolute atomic E-state index is 12.4. The van der Waals surface area contributed by atoms with Gasteiger partial charge in [-0.3, -0.25) is 9.36 Å². The minimum atomic E-state index is -0.116.